The fourth-order valence-corrected chi connectivity index (χ4v) is 3.89. The van der Waals surface area contributed by atoms with Crippen LogP contribution in [0.25, 0.3) is 0 Å². The van der Waals surface area contributed by atoms with E-state index in [9.17, 15) is 14.7 Å². The summed E-state index contributed by atoms with van der Waals surface area (Å²) in [5.74, 6) is -0.0433. The number of hydrogen-bond acceptors (Lipinski definition) is 4. The first-order chi connectivity index (χ1) is 14.4. The van der Waals surface area contributed by atoms with Crippen LogP contribution in [-0.2, 0) is 11.2 Å². The number of nitrogens with one attached hydrogen (secondary N) is 1. The second kappa shape index (κ2) is 9.07. The number of aliphatic carboxylic acids is 1. The van der Waals surface area contributed by atoms with Crippen molar-refractivity contribution >= 4 is 12.0 Å². The van der Waals surface area contributed by atoms with Crippen LogP contribution in [0.4, 0.5) is 4.79 Å². The van der Waals surface area contributed by atoms with Gasteiger partial charge in [0.25, 0.3) is 0 Å². The Morgan fingerprint density at radius 2 is 1.73 bits per heavy atom. The maximum absolute atomic E-state index is 13.2. The monoisotopic (exact) mass is 412 g/mol. The van der Waals surface area contributed by atoms with Crippen molar-refractivity contribution in [2.75, 3.05) is 20.8 Å². The van der Waals surface area contributed by atoms with Crippen molar-refractivity contribution in [2.45, 2.75) is 32.4 Å². The zero-order valence-corrected chi connectivity index (χ0v) is 17.7. The molecule has 2 amide bonds. The second-order valence-corrected chi connectivity index (χ2v) is 7.67. The van der Waals surface area contributed by atoms with Gasteiger partial charge in [0, 0.05) is 6.54 Å². The number of methoxy groups -OCH3 is 2. The number of nitrogens with zero attached hydrogens (tertiary/aromatic N) is 1. The van der Waals surface area contributed by atoms with E-state index in [4.69, 9.17) is 9.47 Å². The summed E-state index contributed by atoms with van der Waals surface area (Å²) in [6.45, 7) is 4.01. The predicted octanol–water partition coefficient (Wildman–Crippen LogP) is 3.47. The third kappa shape index (κ3) is 4.20. The molecule has 0 aliphatic carbocycles. The number of rotatable bonds is 6. The summed E-state index contributed by atoms with van der Waals surface area (Å²) < 4.78 is 10.9. The molecule has 0 bridgehead atoms. The molecule has 7 nitrogen and oxygen atoms in total. The maximum atomic E-state index is 13.2. The van der Waals surface area contributed by atoms with E-state index in [1.54, 1.807) is 33.0 Å². The van der Waals surface area contributed by atoms with Crippen molar-refractivity contribution in [3.63, 3.8) is 0 Å². The van der Waals surface area contributed by atoms with Gasteiger partial charge in [-0.25, -0.2) is 9.59 Å². The first-order valence-corrected chi connectivity index (χ1v) is 9.97. The van der Waals surface area contributed by atoms with E-state index < -0.39 is 18.0 Å². The summed E-state index contributed by atoms with van der Waals surface area (Å²) in [5.41, 5.74) is 2.96. The molecular weight excluding hydrogens is 384 g/mol. The Kier molecular flexibility index (Phi) is 6.50. The molecular formula is C23H28N2O5. The third-order valence-corrected chi connectivity index (χ3v) is 5.46. The fraction of sp³-hybridized carbons (Fsp3) is 0.391. The van der Waals surface area contributed by atoms with E-state index in [1.165, 1.54) is 0 Å². The number of carboxylic acid groups (broad SMARTS) is 1. The topological polar surface area (TPSA) is 88.1 Å². The summed E-state index contributed by atoms with van der Waals surface area (Å²) in [5, 5.41) is 12.2. The smallest absolute Gasteiger partial charge is 0.326 e. The van der Waals surface area contributed by atoms with Crippen molar-refractivity contribution in [3.05, 3.63) is 59.2 Å². The highest BCUT2D eigenvalue weighted by molar-refractivity contribution is 5.83. The molecule has 160 valence electrons. The molecule has 2 N–H and O–H groups in total. The van der Waals surface area contributed by atoms with Crippen LogP contribution in [0.15, 0.2) is 42.5 Å². The number of ether oxygens (including phenoxy) is 2. The molecule has 1 heterocycles. The van der Waals surface area contributed by atoms with Crippen LogP contribution >= 0.6 is 0 Å². The molecule has 0 fully saturated rings. The second-order valence-electron chi connectivity index (χ2n) is 7.67. The number of carbonyl (C=O) groups is 2. The number of carboxylic acids is 1. The third-order valence-electron chi connectivity index (χ3n) is 5.46. The van der Waals surface area contributed by atoms with Gasteiger partial charge in [-0.3, -0.25) is 0 Å². The molecule has 7 heteroatoms. The molecule has 0 saturated heterocycles. The molecule has 2 aromatic carbocycles. The lowest BCUT2D eigenvalue weighted by molar-refractivity contribution is -0.140. The standard InChI is InChI=1S/C23H28N2O5/c1-14(2)20(22(26)27)24-23(28)25-11-10-16-12-18(29-3)19(30-4)13-17(16)21(25)15-8-6-5-7-9-15/h5-9,12-14,20-21H,10-11H2,1-4H3,(H,24,28)(H,26,27)/t20-,21-/m1/s1. The summed E-state index contributed by atoms with van der Waals surface area (Å²) in [6.07, 6.45) is 0.631. The van der Waals surface area contributed by atoms with E-state index in [0.29, 0.717) is 24.5 Å². The number of hydrogen-bond donors (Lipinski definition) is 2. The van der Waals surface area contributed by atoms with Crippen LogP contribution in [0, 0.1) is 5.92 Å². The molecule has 2 aromatic rings. The summed E-state index contributed by atoms with van der Waals surface area (Å²) >= 11 is 0. The van der Waals surface area contributed by atoms with Gasteiger partial charge < -0.3 is 24.8 Å². The normalized spacial score (nSPS) is 16.6. The van der Waals surface area contributed by atoms with Crippen molar-refractivity contribution < 1.29 is 24.2 Å². The van der Waals surface area contributed by atoms with Crippen molar-refractivity contribution in [1.29, 1.82) is 0 Å². The van der Waals surface area contributed by atoms with E-state index in [1.807, 2.05) is 42.5 Å². The first-order valence-electron chi connectivity index (χ1n) is 9.97. The van der Waals surface area contributed by atoms with E-state index in [-0.39, 0.29) is 12.0 Å². The Bertz CT molecular complexity index is 913. The van der Waals surface area contributed by atoms with Crippen LogP contribution in [0.2, 0.25) is 0 Å². The average molecular weight is 412 g/mol. The Balaban J connectivity index is 2.05. The molecule has 0 radical (unpaired) electrons. The Labute approximate surface area is 176 Å². The summed E-state index contributed by atoms with van der Waals surface area (Å²) in [4.78, 5) is 26.5. The minimum atomic E-state index is -1.04. The maximum Gasteiger partial charge on any atom is 0.326 e. The highest BCUT2D eigenvalue weighted by Gasteiger charge is 2.35. The van der Waals surface area contributed by atoms with Crippen LogP contribution in [-0.4, -0.2) is 48.8 Å². The summed E-state index contributed by atoms with van der Waals surface area (Å²) in [6, 6.07) is 11.8. The van der Waals surface area contributed by atoms with Gasteiger partial charge >= 0.3 is 12.0 Å². The Morgan fingerprint density at radius 1 is 1.10 bits per heavy atom. The molecule has 1 aliphatic rings. The highest BCUT2D eigenvalue weighted by Crippen LogP contribution is 2.41. The molecule has 1 aliphatic heterocycles. The van der Waals surface area contributed by atoms with E-state index in [2.05, 4.69) is 5.32 Å². The Morgan fingerprint density at radius 3 is 2.30 bits per heavy atom. The van der Waals surface area contributed by atoms with Crippen molar-refractivity contribution in [3.8, 4) is 11.5 Å². The number of urea groups is 1. The number of fused-ring (bicyclic) bond motifs is 1. The Hall–Kier alpha value is -3.22. The molecule has 0 saturated carbocycles. The van der Waals surface area contributed by atoms with Gasteiger partial charge in [0.2, 0.25) is 0 Å². The van der Waals surface area contributed by atoms with Gasteiger partial charge in [0.1, 0.15) is 6.04 Å². The first kappa shape index (κ1) is 21.5. The predicted molar refractivity (Wildman–Crippen MR) is 113 cm³/mol. The molecule has 3 rings (SSSR count). The quantitative estimate of drug-likeness (QED) is 0.759. The van der Waals surface area contributed by atoms with E-state index >= 15 is 0 Å². The molecule has 0 unspecified atom stereocenters. The average Bonchev–Trinajstić information content (AvgIpc) is 2.75. The van der Waals surface area contributed by atoms with Crippen LogP contribution in [0.1, 0.15) is 36.6 Å². The van der Waals surface area contributed by atoms with Gasteiger partial charge in [-0.15, -0.1) is 0 Å². The van der Waals surface area contributed by atoms with Gasteiger partial charge in [-0.1, -0.05) is 44.2 Å². The SMILES string of the molecule is COc1cc2c(cc1OC)[C@@H](c1ccccc1)N(C(=O)N[C@@H](C(=O)O)C(C)C)CC2. The molecule has 2 atom stereocenters. The molecule has 0 aromatic heterocycles. The van der Waals surface area contributed by atoms with Crippen molar-refractivity contribution in [1.82, 2.24) is 10.2 Å². The number of benzene rings is 2. The van der Waals surface area contributed by atoms with Crippen LogP contribution in [0.3, 0.4) is 0 Å². The minimum absolute atomic E-state index is 0.233. The largest absolute Gasteiger partial charge is 0.493 e. The molecule has 0 spiro atoms. The van der Waals surface area contributed by atoms with Gasteiger partial charge in [0.15, 0.2) is 11.5 Å². The minimum Gasteiger partial charge on any atom is -0.493 e. The lowest BCUT2D eigenvalue weighted by atomic mass is 9.88. The van der Waals surface area contributed by atoms with Crippen molar-refractivity contribution in [2.24, 2.45) is 5.92 Å². The summed E-state index contributed by atoms with van der Waals surface area (Å²) in [7, 11) is 3.18. The van der Waals surface area contributed by atoms with Gasteiger partial charge in [-0.05, 0) is 41.2 Å². The van der Waals surface area contributed by atoms with Gasteiger partial charge in [0.05, 0.1) is 20.3 Å². The number of carbonyl (C=O) groups excluding carboxylic acids is 1. The molecule has 30 heavy (non-hydrogen) atoms. The lowest BCUT2D eigenvalue weighted by Crippen LogP contribution is -2.52. The van der Waals surface area contributed by atoms with Crippen LogP contribution < -0.4 is 14.8 Å². The highest BCUT2D eigenvalue weighted by atomic mass is 16.5. The van der Waals surface area contributed by atoms with Gasteiger partial charge in [-0.2, -0.15) is 0 Å². The van der Waals surface area contributed by atoms with Crippen LogP contribution in [0.5, 0.6) is 11.5 Å². The fourth-order valence-electron chi connectivity index (χ4n) is 3.89. The lowest BCUT2D eigenvalue weighted by Gasteiger charge is -2.38. The number of amides is 2. The van der Waals surface area contributed by atoms with E-state index in [0.717, 1.165) is 16.7 Å². The zero-order chi connectivity index (χ0) is 21.8. The zero-order valence-electron chi connectivity index (χ0n) is 17.7.